The van der Waals surface area contributed by atoms with Crippen LogP contribution in [0.5, 0.6) is 0 Å². The second kappa shape index (κ2) is 14.6. The molecule has 0 aliphatic carbocycles. The first-order chi connectivity index (χ1) is 29.3. The van der Waals surface area contributed by atoms with Crippen LogP contribution in [-0.4, -0.2) is 0 Å². The number of benzene rings is 11. The quantitative estimate of drug-likeness (QED) is 0.147. The molecule has 11 aromatic rings. The maximum Gasteiger partial charge on any atom is 0.0546 e. The summed E-state index contributed by atoms with van der Waals surface area (Å²) >= 11 is 0. The molecule has 1 heteroatoms. The van der Waals surface area contributed by atoms with Crippen LogP contribution in [0.15, 0.2) is 237 Å². The summed E-state index contributed by atoms with van der Waals surface area (Å²) in [4.78, 5) is 2.49. The van der Waals surface area contributed by atoms with Crippen molar-refractivity contribution < 1.29 is 0 Å². The number of rotatable bonds is 7. The Morgan fingerprint density at radius 1 is 0.254 bits per heavy atom. The largest absolute Gasteiger partial charge is 0.309 e. The standard InChI is InChI=1S/C58H39N/c1-4-17-40(18-5-1)45-34-38-55(54(39-45)42-21-8-3-9-22-42)59(56-30-16-29-53-51-26-13-12-25-49(51)50-27-14-15-28-52(50)58(53)56)46-35-31-44(32-36-46)57-47-24-11-10-23-43(47)33-37-48(57)41-19-6-2-7-20-41/h1-39H. The van der Waals surface area contributed by atoms with Gasteiger partial charge in [0, 0.05) is 16.6 Å². The fourth-order valence-electron chi connectivity index (χ4n) is 9.14. The minimum atomic E-state index is 1.09. The molecule has 0 spiro atoms. The summed E-state index contributed by atoms with van der Waals surface area (Å²) in [5.41, 5.74) is 12.9. The Balaban J connectivity index is 1.19. The first kappa shape index (κ1) is 34.5. The normalized spacial score (nSPS) is 11.4. The van der Waals surface area contributed by atoms with Crippen LogP contribution >= 0.6 is 0 Å². The van der Waals surface area contributed by atoms with Crippen molar-refractivity contribution in [1.82, 2.24) is 0 Å². The van der Waals surface area contributed by atoms with Gasteiger partial charge in [-0.3, -0.25) is 0 Å². The first-order valence-electron chi connectivity index (χ1n) is 20.3. The van der Waals surface area contributed by atoms with E-state index in [1.165, 1.54) is 87.6 Å². The first-order valence-corrected chi connectivity index (χ1v) is 20.3. The Bertz CT molecular complexity index is 3250. The van der Waals surface area contributed by atoms with Crippen LogP contribution in [0.25, 0.3) is 87.6 Å². The van der Waals surface area contributed by atoms with Gasteiger partial charge in [-0.15, -0.1) is 0 Å². The highest BCUT2D eigenvalue weighted by Crippen LogP contribution is 2.48. The van der Waals surface area contributed by atoms with Gasteiger partial charge in [-0.25, -0.2) is 0 Å². The molecule has 0 saturated heterocycles. The van der Waals surface area contributed by atoms with Crippen LogP contribution in [-0.2, 0) is 0 Å². The summed E-state index contributed by atoms with van der Waals surface area (Å²) < 4.78 is 0. The van der Waals surface area contributed by atoms with Gasteiger partial charge in [0.25, 0.3) is 0 Å². The molecule has 0 amide bonds. The minimum absolute atomic E-state index is 1.09. The van der Waals surface area contributed by atoms with Crippen LogP contribution in [0.4, 0.5) is 17.1 Å². The van der Waals surface area contributed by atoms with Gasteiger partial charge in [0.05, 0.1) is 11.4 Å². The summed E-state index contributed by atoms with van der Waals surface area (Å²) in [6.07, 6.45) is 0. The van der Waals surface area contributed by atoms with Crippen LogP contribution in [0, 0.1) is 0 Å². The lowest BCUT2D eigenvalue weighted by Crippen LogP contribution is -2.12. The van der Waals surface area contributed by atoms with E-state index in [-0.39, 0.29) is 0 Å². The lowest BCUT2D eigenvalue weighted by atomic mass is 9.89. The molecule has 0 aliphatic heterocycles. The van der Waals surface area contributed by atoms with Crippen LogP contribution < -0.4 is 4.90 Å². The van der Waals surface area contributed by atoms with Gasteiger partial charge in [-0.05, 0) is 107 Å². The SMILES string of the molecule is c1ccc(-c2ccc(N(c3ccc(-c4c(-c5ccccc5)ccc5ccccc45)cc3)c3cccc4c5ccccc5c5ccccc5c34)c(-c3ccccc3)c2)cc1. The Kier molecular flexibility index (Phi) is 8.56. The molecule has 0 saturated carbocycles. The number of hydrogen-bond acceptors (Lipinski definition) is 1. The molecular formula is C58H39N. The van der Waals surface area contributed by atoms with E-state index >= 15 is 0 Å². The van der Waals surface area contributed by atoms with Crippen molar-refractivity contribution in [2.45, 2.75) is 0 Å². The molecule has 0 fully saturated rings. The number of fused-ring (bicyclic) bond motifs is 7. The number of anilines is 3. The van der Waals surface area contributed by atoms with Gasteiger partial charge in [-0.2, -0.15) is 0 Å². The summed E-state index contributed by atoms with van der Waals surface area (Å²) in [5.74, 6) is 0. The van der Waals surface area contributed by atoms with E-state index in [0.717, 1.165) is 17.1 Å². The van der Waals surface area contributed by atoms with Crippen molar-refractivity contribution >= 4 is 60.2 Å². The molecule has 0 radical (unpaired) electrons. The van der Waals surface area contributed by atoms with Crippen molar-refractivity contribution in [2.75, 3.05) is 4.90 Å². The summed E-state index contributed by atoms with van der Waals surface area (Å²) in [7, 11) is 0. The third kappa shape index (κ3) is 6.04. The van der Waals surface area contributed by atoms with E-state index < -0.39 is 0 Å². The van der Waals surface area contributed by atoms with E-state index in [1.54, 1.807) is 0 Å². The van der Waals surface area contributed by atoms with Gasteiger partial charge in [0.2, 0.25) is 0 Å². The smallest absolute Gasteiger partial charge is 0.0546 e. The lowest BCUT2D eigenvalue weighted by Gasteiger charge is -2.30. The fourth-order valence-corrected chi connectivity index (χ4v) is 9.14. The molecule has 11 aromatic carbocycles. The second-order valence-electron chi connectivity index (χ2n) is 15.2. The second-order valence-corrected chi connectivity index (χ2v) is 15.2. The van der Waals surface area contributed by atoms with Crippen LogP contribution in [0.2, 0.25) is 0 Å². The molecule has 11 rings (SSSR count). The van der Waals surface area contributed by atoms with Crippen molar-refractivity contribution in [3.05, 3.63) is 237 Å². The summed E-state index contributed by atoms with van der Waals surface area (Å²) in [6, 6.07) is 86.3. The number of hydrogen-bond donors (Lipinski definition) is 0. The van der Waals surface area contributed by atoms with E-state index in [1.807, 2.05) is 0 Å². The average Bonchev–Trinajstić information content (AvgIpc) is 3.32. The summed E-state index contributed by atoms with van der Waals surface area (Å²) in [6.45, 7) is 0. The van der Waals surface area contributed by atoms with E-state index in [9.17, 15) is 0 Å². The van der Waals surface area contributed by atoms with Crippen molar-refractivity contribution in [3.8, 4) is 44.5 Å². The minimum Gasteiger partial charge on any atom is -0.309 e. The molecule has 276 valence electrons. The maximum absolute atomic E-state index is 2.49. The molecule has 0 N–H and O–H groups in total. The molecule has 0 aromatic heterocycles. The Morgan fingerprint density at radius 2 is 0.746 bits per heavy atom. The predicted octanol–water partition coefficient (Wildman–Crippen LogP) is 16.4. The Morgan fingerprint density at radius 3 is 1.39 bits per heavy atom. The molecule has 59 heavy (non-hydrogen) atoms. The van der Waals surface area contributed by atoms with Crippen molar-refractivity contribution in [1.29, 1.82) is 0 Å². The zero-order valence-electron chi connectivity index (χ0n) is 32.5. The highest BCUT2D eigenvalue weighted by molar-refractivity contribution is 6.29. The zero-order valence-corrected chi connectivity index (χ0v) is 32.5. The van der Waals surface area contributed by atoms with Gasteiger partial charge in [0.1, 0.15) is 0 Å². The molecule has 0 aliphatic rings. The molecule has 0 atom stereocenters. The highest BCUT2D eigenvalue weighted by Gasteiger charge is 2.23. The molecule has 0 heterocycles. The van der Waals surface area contributed by atoms with E-state index in [2.05, 4.69) is 241 Å². The fraction of sp³-hybridized carbons (Fsp3) is 0. The van der Waals surface area contributed by atoms with E-state index in [0.29, 0.717) is 0 Å². The zero-order chi connectivity index (χ0) is 39.1. The molecule has 1 nitrogen and oxygen atoms in total. The van der Waals surface area contributed by atoms with Crippen molar-refractivity contribution in [2.24, 2.45) is 0 Å². The Labute approximate surface area is 344 Å². The van der Waals surface area contributed by atoms with Gasteiger partial charge >= 0.3 is 0 Å². The predicted molar refractivity (Wildman–Crippen MR) is 253 cm³/mol. The molecule has 0 bridgehead atoms. The maximum atomic E-state index is 2.49. The molecule has 0 unspecified atom stereocenters. The van der Waals surface area contributed by atoms with Crippen molar-refractivity contribution in [3.63, 3.8) is 0 Å². The van der Waals surface area contributed by atoms with E-state index in [4.69, 9.17) is 0 Å². The number of nitrogens with zero attached hydrogens (tertiary/aromatic N) is 1. The van der Waals surface area contributed by atoms with Crippen LogP contribution in [0.1, 0.15) is 0 Å². The summed E-state index contributed by atoms with van der Waals surface area (Å²) in [5, 5.41) is 9.97. The third-order valence-electron chi connectivity index (χ3n) is 11.8. The monoisotopic (exact) mass is 749 g/mol. The van der Waals surface area contributed by atoms with Gasteiger partial charge in [-0.1, -0.05) is 206 Å². The average molecular weight is 750 g/mol. The highest BCUT2D eigenvalue weighted by atomic mass is 15.1. The molecular weight excluding hydrogens is 711 g/mol. The lowest BCUT2D eigenvalue weighted by molar-refractivity contribution is 1.30. The van der Waals surface area contributed by atoms with Gasteiger partial charge in [0.15, 0.2) is 0 Å². The Hall–Kier alpha value is -7.74. The van der Waals surface area contributed by atoms with Gasteiger partial charge < -0.3 is 4.90 Å². The topological polar surface area (TPSA) is 3.24 Å². The van der Waals surface area contributed by atoms with Crippen LogP contribution in [0.3, 0.4) is 0 Å². The third-order valence-corrected chi connectivity index (χ3v) is 11.8.